The molecule has 0 bridgehead atoms. The molecule has 0 spiro atoms. The monoisotopic (exact) mass is 274 g/mol. The van der Waals surface area contributed by atoms with E-state index in [9.17, 15) is 0 Å². The number of hydrogen-bond donors (Lipinski definition) is 2. The highest BCUT2D eigenvalue weighted by atomic mass is 15.2. The standard InChI is InChI=1S/C18H30N2/c1-4-15-9-6-10-16(11-15)18(20-19)12-17-13(2)7-5-8-14(17)3/h5,7-8,15-16,18,20H,4,6,9-12,19H2,1-3H3. The van der Waals surface area contributed by atoms with E-state index in [0.717, 1.165) is 18.3 Å². The third-order valence-corrected chi connectivity index (χ3v) is 5.25. The van der Waals surface area contributed by atoms with E-state index in [1.807, 2.05) is 0 Å². The zero-order chi connectivity index (χ0) is 14.5. The Kier molecular flexibility index (Phi) is 5.62. The second-order valence-electron chi connectivity index (χ2n) is 6.55. The summed E-state index contributed by atoms with van der Waals surface area (Å²) in [6.07, 6.45) is 7.83. The first kappa shape index (κ1) is 15.5. The Hall–Kier alpha value is -0.860. The molecule has 1 aromatic rings. The van der Waals surface area contributed by atoms with Gasteiger partial charge in [0.15, 0.2) is 0 Å². The van der Waals surface area contributed by atoms with Crippen molar-refractivity contribution in [2.24, 2.45) is 17.7 Å². The average molecular weight is 274 g/mol. The van der Waals surface area contributed by atoms with E-state index < -0.39 is 0 Å². The first-order chi connectivity index (χ1) is 9.65. The molecule has 0 saturated heterocycles. The van der Waals surface area contributed by atoms with Crippen LogP contribution in [0, 0.1) is 25.7 Å². The average Bonchev–Trinajstić information content (AvgIpc) is 2.47. The second-order valence-corrected chi connectivity index (χ2v) is 6.55. The summed E-state index contributed by atoms with van der Waals surface area (Å²) in [6, 6.07) is 6.99. The molecule has 0 heterocycles. The summed E-state index contributed by atoms with van der Waals surface area (Å²) < 4.78 is 0. The summed E-state index contributed by atoms with van der Waals surface area (Å²) in [7, 11) is 0. The Morgan fingerprint density at radius 2 is 1.95 bits per heavy atom. The first-order valence-electron chi connectivity index (χ1n) is 8.16. The van der Waals surface area contributed by atoms with Gasteiger partial charge in [-0.15, -0.1) is 0 Å². The van der Waals surface area contributed by atoms with Crippen molar-refractivity contribution in [3.63, 3.8) is 0 Å². The van der Waals surface area contributed by atoms with Crippen molar-refractivity contribution < 1.29 is 0 Å². The van der Waals surface area contributed by atoms with Gasteiger partial charge >= 0.3 is 0 Å². The van der Waals surface area contributed by atoms with Crippen LogP contribution < -0.4 is 11.3 Å². The number of rotatable bonds is 5. The summed E-state index contributed by atoms with van der Waals surface area (Å²) in [4.78, 5) is 0. The van der Waals surface area contributed by atoms with Crippen LogP contribution in [0.25, 0.3) is 0 Å². The molecular formula is C18H30N2. The molecule has 2 nitrogen and oxygen atoms in total. The lowest BCUT2D eigenvalue weighted by Crippen LogP contribution is -2.44. The van der Waals surface area contributed by atoms with E-state index in [1.165, 1.54) is 48.8 Å². The molecule has 3 atom stereocenters. The molecule has 1 saturated carbocycles. The quantitative estimate of drug-likeness (QED) is 0.631. The molecule has 1 aliphatic rings. The van der Waals surface area contributed by atoms with Gasteiger partial charge in [-0.2, -0.15) is 0 Å². The molecule has 2 heteroatoms. The van der Waals surface area contributed by atoms with Gasteiger partial charge in [-0.1, -0.05) is 44.4 Å². The fourth-order valence-electron chi connectivity index (χ4n) is 3.82. The summed E-state index contributed by atoms with van der Waals surface area (Å²) in [6.45, 7) is 6.75. The minimum atomic E-state index is 0.421. The van der Waals surface area contributed by atoms with Crippen molar-refractivity contribution in [3.05, 3.63) is 34.9 Å². The van der Waals surface area contributed by atoms with Crippen LogP contribution in [-0.4, -0.2) is 6.04 Å². The molecule has 20 heavy (non-hydrogen) atoms. The van der Waals surface area contributed by atoms with Crippen LogP contribution in [0.3, 0.4) is 0 Å². The molecule has 0 aromatic heterocycles. The molecule has 0 aliphatic heterocycles. The van der Waals surface area contributed by atoms with Gasteiger partial charge in [0.1, 0.15) is 0 Å². The Morgan fingerprint density at radius 3 is 2.55 bits per heavy atom. The summed E-state index contributed by atoms with van der Waals surface area (Å²) in [5.74, 6) is 7.53. The molecule has 1 fully saturated rings. The minimum absolute atomic E-state index is 0.421. The topological polar surface area (TPSA) is 38.0 Å². The predicted octanol–water partition coefficient (Wildman–Crippen LogP) is 3.89. The van der Waals surface area contributed by atoms with Crippen LogP contribution >= 0.6 is 0 Å². The van der Waals surface area contributed by atoms with Crippen molar-refractivity contribution in [1.82, 2.24) is 5.43 Å². The van der Waals surface area contributed by atoms with Crippen molar-refractivity contribution in [1.29, 1.82) is 0 Å². The number of benzene rings is 1. The SMILES string of the molecule is CCC1CCCC(C(Cc2c(C)cccc2C)NN)C1. The Labute approximate surface area is 124 Å². The molecular weight excluding hydrogens is 244 g/mol. The number of nitrogens with one attached hydrogen (secondary N) is 1. The maximum absolute atomic E-state index is 5.89. The van der Waals surface area contributed by atoms with Gasteiger partial charge in [0.2, 0.25) is 0 Å². The van der Waals surface area contributed by atoms with Crippen LogP contribution in [0.5, 0.6) is 0 Å². The highest BCUT2D eigenvalue weighted by molar-refractivity contribution is 5.34. The lowest BCUT2D eigenvalue weighted by Gasteiger charge is -2.34. The van der Waals surface area contributed by atoms with Crippen LogP contribution in [-0.2, 0) is 6.42 Å². The lowest BCUT2D eigenvalue weighted by molar-refractivity contribution is 0.207. The highest BCUT2D eigenvalue weighted by Crippen LogP contribution is 2.34. The normalized spacial score (nSPS) is 24.6. The Morgan fingerprint density at radius 1 is 1.25 bits per heavy atom. The zero-order valence-corrected chi connectivity index (χ0v) is 13.3. The number of hydrazine groups is 1. The molecule has 1 aromatic carbocycles. The van der Waals surface area contributed by atoms with Crippen LogP contribution in [0.2, 0.25) is 0 Å². The lowest BCUT2D eigenvalue weighted by atomic mass is 9.75. The summed E-state index contributed by atoms with van der Waals surface area (Å²) in [5, 5.41) is 0. The Bertz CT molecular complexity index is 407. The molecule has 112 valence electrons. The fraction of sp³-hybridized carbons (Fsp3) is 0.667. The van der Waals surface area contributed by atoms with Crippen molar-refractivity contribution >= 4 is 0 Å². The maximum atomic E-state index is 5.89. The van der Waals surface area contributed by atoms with Gasteiger partial charge in [0, 0.05) is 6.04 Å². The van der Waals surface area contributed by atoms with Gasteiger partial charge < -0.3 is 0 Å². The van der Waals surface area contributed by atoms with Gasteiger partial charge in [-0.05, 0) is 61.6 Å². The third-order valence-electron chi connectivity index (χ3n) is 5.25. The van der Waals surface area contributed by atoms with Crippen molar-refractivity contribution in [3.8, 4) is 0 Å². The summed E-state index contributed by atoms with van der Waals surface area (Å²) in [5.41, 5.74) is 7.39. The number of hydrogen-bond acceptors (Lipinski definition) is 2. The zero-order valence-electron chi connectivity index (χ0n) is 13.3. The molecule has 0 amide bonds. The van der Waals surface area contributed by atoms with Crippen LogP contribution in [0.15, 0.2) is 18.2 Å². The van der Waals surface area contributed by atoms with E-state index in [0.29, 0.717) is 6.04 Å². The second kappa shape index (κ2) is 7.24. The van der Waals surface area contributed by atoms with E-state index >= 15 is 0 Å². The minimum Gasteiger partial charge on any atom is -0.271 e. The largest absolute Gasteiger partial charge is 0.271 e. The van der Waals surface area contributed by atoms with Gasteiger partial charge in [-0.3, -0.25) is 11.3 Å². The van der Waals surface area contributed by atoms with Gasteiger partial charge in [-0.25, -0.2) is 0 Å². The maximum Gasteiger partial charge on any atom is 0.0279 e. The van der Waals surface area contributed by atoms with E-state index in [1.54, 1.807) is 0 Å². The predicted molar refractivity (Wildman–Crippen MR) is 86.5 cm³/mol. The van der Waals surface area contributed by atoms with Crippen molar-refractivity contribution in [2.75, 3.05) is 0 Å². The number of nitrogens with two attached hydrogens (primary N) is 1. The number of aryl methyl sites for hydroxylation is 2. The van der Waals surface area contributed by atoms with Crippen LogP contribution in [0.4, 0.5) is 0 Å². The first-order valence-corrected chi connectivity index (χ1v) is 8.16. The molecule has 3 N–H and O–H groups in total. The molecule has 2 rings (SSSR count). The third kappa shape index (κ3) is 3.62. The van der Waals surface area contributed by atoms with Gasteiger partial charge in [0.25, 0.3) is 0 Å². The Balaban J connectivity index is 2.08. The smallest absolute Gasteiger partial charge is 0.0279 e. The summed E-state index contributed by atoms with van der Waals surface area (Å²) >= 11 is 0. The molecule has 3 unspecified atom stereocenters. The highest BCUT2D eigenvalue weighted by Gasteiger charge is 2.27. The van der Waals surface area contributed by atoms with E-state index in [2.05, 4.69) is 44.4 Å². The molecule has 1 aliphatic carbocycles. The molecule has 0 radical (unpaired) electrons. The van der Waals surface area contributed by atoms with E-state index in [4.69, 9.17) is 5.84 Å². The van der Waals surface area contributed by atoms with E-state index in [-0.39, 0.29) is 0 Å². The van der Waals surface area contributed by atoms with Crippen LogP contribution in [0.1, 0.15) is 55.7 Å². The van der Waals surface area contributed by atoms with Gasteiger partial charge in [0.05, 0.1) is 0 Å². The fourth-order valence-corrected chi connectivity index (χ4v) is 3.82. The van der Waals surface area contributed by atoms with Crippen molar-refractivity contribution in [2.45, 2.75) is 65.3 Å².